The number of aromatic nitrogens is 2. The summed E-state index contributed by atoms with van der Waals surface area (Å²) in [5.74, 6) is -2.44. The van der Waals surface area contributed by atoms with Crippen LogP contribution in [0.25, 0.3) is 11.3 Å². The van der Waals surface area contributed by atoms with Crippen LogP contribution >= 0.6 is 0 Å². The normalized spacial score (nSPS) is 16.0. The average Bonchev–Trinajstić information content (AvgIpc) is 2.91. The lowest BCUT2D eigenvalue weighted by molar-refractivity contribution is 0.0992. The number of fused-ring (bicyclic) bond motifs is 1. The number of amides is 1. The summed E-state index contributed by atoms with van der Waals surface area (Å²) in [5.41, 5.74) is 7.06. The number of halogens is 2. The largest absolute Gasteiger partial charge is 0.365 e. The summed E-state index contributed by atoms with van der Waals surface area (Å²) in [7, 11) is 0. The maximum absolute atomic E-state index is 14.1. The molecule has 0 bridgehead atoms. The average molecular weight is 330 g/mol. The zero-order chi connectivity index (χ0) is 16.8. The molecular formula is C17H16F2N4O. The van der Waals surface area contributed by atoms with Gasteiger partial charge in [0.25, 0.3) is 5.91 Å². The maximum atomic E-state index is 14.1. The Morgan fingerprint density at radius 3 is 2.38 bits per heavy atom. The SMILES string of the molecule is NC(=O)c1c(F)cc(-c2nc(N3CCC3)nc3c2CCC3)cc1F. The molecule has 0 saturated carbocycles. The molecule has 0 radical (unpaired) electrons. The third-order valence-electron chi connectivity index (χ3n) is 4.62. The van der Waals surface area contributed by atoms with Crippen molar-refractivity contribution in [3.63, 3.8) is 0 Å². The van der Waals surface area contributed by atoms with Crippen LogP contribution in [0.2, 0.25) is 0 Å². The molecule has 2 aliphatic rings. The summed E-state index contributed by atoms with van der Waals surface area (Å²) in [4.78, 5) is 22.4. The lowest BCUT2D eigenvalue weighted by atomic mass is 10.0. The van der Waals surface area contributed by atoms with E-state index in [0.29, 0.717) is 17.2 Å². The highest BCUT2D eigenvalue weighted by Gasteiger charge is 2.26. The van der Waals surface area contributed by atoms with E-state index in [-0.39, 0.29) is 0 Å². The Balaban J connectivity index is 1.87. The molecule has 24 heavy (non-hydrogen) atoms. The Labute approximate surface area is 137 Å². The van der Waals surface area contributed by atoms with Gasteiger partial charge in [-0.25, -0.2) is 18.7 Å². The predicted molar refractivity (Wildman–Crippen MR) is 84.8 cm³/mol. The van der Waals surface area contributed by atoms with Gasteiger partial charge in [0.2, 0.25) is 5.95 Å². The molecule has 1 saturated heterocycles. The van der Waals surface area contributed by atoms with Crippen LogP contribution in [0.3, 0.4) is 0 Å². The minimum Gasteiger partial charge on any atom is -0.365 e. The van der Waals surface area contributed by atoms with Crippen molar-refractivity contribution in [3.8, 4) is 11.3 Å². The van der Waals surface area contributed by atoms with Crippen molar-refractivity contribution in [2.45, 2.75) is 25.7 Å². The first-order valence-corrected chi connectivity index (χ1v) is 7.98. The highest BCUT2D eigenvalue weighted by Crippen LogP contribution is 2.34. The van der Waals surface area contributed by atoms with Crippen LogP contribution in [0.5, 0.6) is 0 Å². The first-order valence-electron chi connectivity index (χ1n) is 7.98. The molecule has 4 rings (SSSR count). The minimum atomic E-state index is -1.12. The van der Waals surface area contributed by atoms with Gasteiger partial charge >= 0.3 is 0 Å². The third kappa shape index (κ3) is 2.31. The van der Waals surface area contributed by atoms with Crippen LogP contribution in [-0.2, 0) is 12.8 Å². The molecule has 1 aliphatic carbocycles. The monoisotopic (exact) mass is 330 g/mol. The van der Waals surface area contributed by atoms with E-state index < -0.39 is 23.1 Å². The molecule has 7 heteroatoms. The van der Waals surface area contributed by atoms with E-state index in [4.69, 9.17) is 5.73 Å². The van der Waals surface area contributed by atoms with Gasteiger partial charge in [-0.2, -0.15) is 0 Å². The van der Waals surface area contributed by atoms with Crippen LogP contribution in [0.1, 0.15) is 34.5 Å². The zero-order valence-corrected chi connectivity index (χ0v) is 13.0. The van der Waals surface area contributed by atoms with Gasteiger partial charge in [-0.1, -0.05) is 0 Å². The molecule has 124 valence electrons. The Bertz CT molecular complexity index is 826. The first kappa shape index (κ1) is 15.0. The van der Waals surface area contributed by atoms with Crippen molar-refractivity contribution in [3.05, 3.63) is 40.6 Å². The summed E-state index contributed by atoms with van der Waals surface area (Å²) >= 11 is 0. The van der Waals surface area contributed by atoms with Crippen molar-refractivity contribution >= 4 is 11.9 Å². The van der Waals surface area contributed by atoms with Gasteiger partial charge in [-0.05, 0) is 37.8 Å². The summed E-state index contributed by atoms with van der Waals surface area (Å²) in [5, 5.41) is 0. The van der Waals surface area contributed by atoms with Gasteiger partial charge in [0.05, 0.1) is 5.69 Å². The molecular weight excluding hydrogens is 314 g/mol. The minimum absolute atomic E-state index is 0.317. The van der Waals surface area contributed by atoms with E-state index >= 15 is 0 Å². The Hall–Kier alpha value is -2.57. The number of rotatable bonds is 3. The van der Waals surface area contributed by atoms with Crippen molar-refractivity contribution < 1.29 is 13.6 Å². The van der Waals surface area contributed by atoms with Crippen molar-refractivity contribution in [1.82, 2.24) is 9.97 Å². The van der Waals surface area contributed by atoms with E-state index in [0.717, 1.165) is 62.2 Å². The van der Waals surface area contributed by atoms with E-state index in [9.17, 15) is 13.6 Å². The van der Waals surface area contributed by atoms with Crippen LogP contribution in [0, 0.1) is 11.6 Å². The van der Waals surface area contributed by atoms with Gasteiger partial charge in [0.1, 0.15) is 17.2 Å². The number of nitrogens with zero attached hydrogens (tertiary/aromatic N) is 3. The van der Waals surface area contributed by atoms with E-state index in [1.807, 2.05) is 4.90 Å². The molecule has 2 heterocycles. The molecule has 0 atom stereocenters. The molecule has 1 aliphatic heterocycles. The van der Waals surface area contributed by atoms with Gasteiger partial charge in [0.15, 0.2) is 0 Å². The fourth-order valence-corrected chi connectivity index (χ4v) is 3.26. The molecule has 1 aromatic heterocycles. The number of benzene rings is 1. The molecule has 1 aromatic carbocycles. The quantitative estimate of drug-likeness (QED) is 0.937. The summed E-state index contributed by atoms with van der Waals surface area (Å²) < 4.78 is 28.3. The number of aryl methyl sites for hydroxylation is 1. The van der Waals surface area contributed by atoms with Gasteiger partial charge < -0.3 is 10.6 Å². The number of anilines is 1. The molecule has 1 fully saturated rings. The zero-order valence-electron chi connectivity index (χ0n) is 13.0. The second kappa shape index (κ2) is 5.51. The second-order valence-electron chi connectivity index (χ2n) is 6.17. The topological polar surface area (TPSA) is 72.1 Å². The van der Waals surface area contributed by atoms with E-state index in [1.165, 1.54) is 0 Å². The number of primary amides is 1. The highest BCUT2D eigenvalue weighted by molar-refractivity contribution is 5.94. The standard InChI is InChI=1S/C17H16F2N4O/c18-11-7-9(8-12(19)14(11)16(20)24)15-10-3-1-4-13(10)21-17(22-15)23-5-2-6-23/h7-8H,1-6H2,(H2,20,24). The lowest BCUT2D eigenvalue weighted by Crippen LogP contribution is -2.38. The van der Waals surface area contributed by atoms with Crippen LogP contribution in [-0.4, -0.2) is 29.0 Å². The predicted octanol–water partition coefficient (Wildman–Crippen LogP) is 2.22. The molecule has 2 aromatic rings. The van der Waals surface area contributed by atoms with Crippen molar-refractivity contribution in [2.75, 3.05) is 18.0 Å². The van der Waals surface area contributed by atoms with Crippen molar-refractivity contribution in [1.29, 1.82) is 0 Å². The fourth-order valence-electron chi connectivity index (χ4n) is 3.26. The van der Waals surface area contributed by atoms with Crippen molar-refractivity contribution in [2.24, 2.45) is 5.73 Å². The number of nitrogens with two attached hydrogens (primary N) is 1. The van der Waals surface area contributed by atoms with Gasteiger partial charge in [0, 0.05) is 29.9 Å². The maximum Gasteiger partial charge on any atom is 0.254 e. The molecule has 0 spiro atoms. The second-order valence-corrected chi connectivity index (χ2v) is 6.17. The van der Waals surface area contributed by atoms with Gasteiger partial charge in [-0.3, -0.25) is 4.79 Å². The van der Waals surface area contributed by atoms with Crippen LogP contribution in [0.4, 0.5) is 14.7 Å². The smallest absolute Gasteiger partial charge is 0.254 e. The number of hydrogen-bond acceptors (Lipinski definition) is 4. The van der Waals surface area contributed by atoms with Crippen LogP contribution < -0.4 is 10.6 Å². The van der Waals surface area contributed by atoms with Gasteiger partial charge in [-0.15, -0.1) is 0 Å². The Morgan fingerprint density at radius 2 is 1.79 bits per heavy atom. The molecule has 5 nitrogen and oxygen atoms in total. The number of hydrogen-bond donors (Lipinski definition) is 1. The Morgan fingerprint density at radius 1 is 1.08 bits per heavy atom. The molecule has 0 unspecified atom stereocenters. The van der Waals surface area contributed by atoms with Crippen LogP contribution in [0.15, 0.2) is 12.1 Å². The summed E-state index contributed by atoms with van der Waals surface area (Å²) in [6.07, 6.45) is 3.67. The number of carbonyl (C=O) groups is 1. The lowest BCUT2D eigenvalue weighted by Gasteiger charge is -2.31. The van der Waals surface area contributed by atoms with E-state index in [2.05, 4.69) is 9.97 Å². The summed E-state index contributed by atoms with van der Waals surface area (Å²) in [6, 6.07) is 2.26. The third-order valence-corrected chi connectivity index (χ3v) is 4.62. The Kier molecular flexibility index (Phi) is 3.44. The highest BCUT2D eigenvalue weighted by atomic mass is 19.1. The molecule has 2 N–H and O–H groups in total. The number of carbonyl (C=O) groups excluding carboxylic acids is 1. The first-order chi connectivity index (χ1) is 11.5. The summed E-state index contributed by atoms with van der Waals surface area (Å²) in [6.45, 7) is 1.78. The van der Waals surface area contributed by atoms with E-state index in [1.54, 1.807) is 0 Å². The fraction of sp³-hybridized carbons (Fsp3) is 0.353. The molecule has 1 amide bonds.